The van der Waals surface area contributed by atoms with Crippen molar-refractivity contribution in [3.8, 4) is 5.75 Å². The summed E-state index contributed by atoms with van der Waals surface area (Å²) in [6, 6.07) is 4.79. The molecule has 3 aliphatic rings. The third-order valence-corrected chi connectivity index (χ3v) is 7.73. The third kappa shape index (κ3) is 5.32. The molecule has 1 saturated heterocycles. The summed E-state index contributed by atoms with van der Waals surface area (Å²) >= 11 is 0. The summed E-state index contributed by atoms with van der Waals surface area (Å²) in [5.74, 6) is 2.58. The van der Waals surface area contributed by atoms with Crippen LogP contribution in [0.1, 0.15) is 71.3 Å². The largest absolute Gasteiger partial charge is 0.495 e. The highest BCUT2D eigenvalue weighted by atomic mass is 16.5. The quantitative estimate of drug-likeness (QED) is 0.587. The lowest BCUT2D eigenvalue weighted by atomic mass is 9.60. The highest BCUT2D eigenvalue weighted by Crippen LogP contribution is 2.54. The first-order valence-corrected chi connectivity index (χ1v) is 12.4. The Balaban J connectivity index is 1.66. The Kier molecular flexibility index (Phi) is 6.24. The van der Waals surface area contributed by atoms with E-state index in [2.05, 4.69) is 68.6 Å². The van der Waals surface area contributed by atoms with Gasteiger partial charge in [-0.05, 0) is 66.4 Å². The first-order chi connectivity index (χ1) is 14.6. The molecule has 4 rings (SSSR count). The van der Waals surface area contributed by atoms with Gasteiger partial charge in [0.1, 0.15) is 5.75 Å². The minimum atomic E-state index is 0.380. The fourth-order valence-electron chi connectivity index (χ4n) is 6.59. The molecule has 3 fully saturated rings. The second-order valence-electron chi connectivity index (χ2n) is 12.3. The van der Waals surface area contributed by atoms with Gasteiger partial charge in [-0.15, -0.1) is 0 Å². The Bertz CT molecular complexity index is 757. The van der Waals surface area contributed by atoms with Crippen molar-refractivity contribution in [3.63, 3.8) is 0 Å². The van der Waals surface area contributed by atoms with Crippen LogP contribution in [0.2, 0.25) is 0 Å². The van der Waals surface area contributed by atoms with Gasteiger partial charge in [-0.25, -0.2) is 0 Å². The van der Waals surface area contributed by atoms with E-state index in [4.69, 9.17) is 4.74 Å². The van der Waals surface area contributed by atoms with Crippen LogP contribution >= 0.6 is 0 Å². The smallest absolute Gasteiger partial charge is 0.144 e. The number of rotatable bonds is 6. The van der Waals surface area contributed by atoms with Crippen molar-refractivity contribution in [2.75, 3.05) is 63.7 Å². The maximum Gasteiger partial charge on any atom is 0.144 e. The van der Waals surface area contributed by atoms with Gasteiger partial charge >= 0.3 is 0 Å². The zero-order valence-corrected chi connectivity index (χ0v) is 21.1. The predicted molar refractivity (Wildman–Crippen MR) is 133 cm³/mol. The van der Waals surface area contributed by atoms with E-state index < -0.39 is 0 Å². The van der Waals surface area contributed by atoms with Crippen LogP contribution in [0.15, 0.2) is 12.1 Å². The maximum atomic E-state index is 5.87. The molecule has 2 saturated carbocycles. The van der Waals surface area contributed by atoms with Crippen molar-refractivity contribution in [3.05, 3.63) is 17.7 Å². The first-order valence-electron chi connectivity index (χ1n) is 12.4. The average molecular weight is 428 g/mol. The lowest BCUT2D eigenvalue weighted by Gasteiger charge is -2.46. The molecular formula is C27H45N3O. The second kappa shape index (κ2) is 8.50. The number of benzene rings is 1. The standard InChI is InChI=1S/C27H45N3O/c1-26(2)16-21(17-27(3,4)19-26)22-14-24(28(5)6)25(31-7)15-23(22)30-12-10-29(11-13-30)18-20-8-9-20/h14-15,20-21H,8-13,16-19H2,1-7H3. The first kappa shape index (κ1) is 22.8. The van der Waals surface area contributed by atoms with Crippen molar-refractivity contribution in [1.29, 1.82) is 0 Å². The monoisotopic (exact) mass is 427 g/mol. The van der Waals surface area contributed by atoms with Crippen LogP contribution in [-0.4, -0.2) is 58.8 Å². The summed E-state index contributed by atoms with van der Waals surface area (Å²) < 4.78 is 5.87. The fourth-order valence-corrected chi connectivity index (χ4v) is 6.59. The minimum Gasteiger partial charge on any atom is -0.495 e. The van der Waals surface area contributed by atoms with Crippen LogP contribution in [0.4, 0.5) is 11.4 Å². The van der Waals surface area contributed by atoms with E-state index in [0.717, 1.165) is 24.8 Å². The van der Waals surface area contributed by atoms with Crippen LogP contribution in [0.25, 0.3) is 0 Å². The normalized spacial score (nSPS) is 24.3. The van der Waals surface area contributed by atoms with Gasteiger partial charge in [-0.3, -0.25) is 4.90 Å². The van der Waals surface area contributed by atoms with Crippen LogP contribution in [0.5, 0.6) is 5.75 Å². The summed E-state index contributed by atoms with van der Waals surface area (Å²) in [4.78, 5) is 7.54. The van der Waals surface area contributed by atoms with Gasteiger partial charge in [-0.1, -0.05) is 27.7 Å². The molecule has 0 N–H and O–H groups in total. The Morgan fingerprint density at radius 3 is 2.10 bits per heavy atom. The van der Waals surface area contributed by atoms with Crippen molar-refractivity contribution in [2.24, 2.45) is 16.7 Å². The van der Waals surface area contributed by atoms with E-state index in [0.29, 0.717) is 16.7 Å². The maximum absolute atomic E-state index is 5.87. The molecular weight excluding hydrogens is 382 g/mol. The molecule has 2 aliphatic carbocycles. The third-order valence-electron chi connectivity index (χ3n) is 7.73. The summed E-state index contributed by atoms with van der Waals surface area (Å²) in [7, 11) is 6.07. The van der Waals surface area contributed by atoms with Crippen molar-refractivity contribution >= 4 is 11.4 Å². The second-order valence-corrected chi connectivity index (χ2v) is 12.3. The molecule has 1 aromatic rings. The van der Waals surface area contributed by atoms with Gasteiger partial charge < -0.3 is 14.5 Å². The van der Waals surface area contributed by atoms with E-state index in [1.165, 1.54) is 63.1 Å². The fraction of sp³-hybridized carbons (Fsp3) is 0.778. The number of methoxy groups -OCH3 is 1. The van der Waals surface area contributed by atoms with Crippen LogP contribution in [-0.2, 0) is 0 Å². The van der Waals surface area contributed by atoms with Crippen molar-refractivity contribution in [2.45, 2.75) is 65.7 Å². The van der Waals surface area contributed by atoms with E-state index in [1.54, 1.807) is 5.56 Å². The molecule has 174 valence electrons. The Morgan fingerprint density at radius 2 is 1.58 bits per heavy atom. The van der Waals surface area contributed by atoms with Gasteiger partial charge in [0.2, 0.25) is 0 Å². The van der Waals surface area contributed by atoms with E-state index >= 15 is 0 Å². The molecule has 1 aromatic carbocycles. The van der Waals surface area contributed by atoms with Crippen molar-refractivity contribution in [1.82, 2.24) is 4.90 Å². The number of hydrogen-bond acceptors (Lipinski definition) is 4. The van der Waals surface area contributed by atoms with Crippen LogP contribution in [0, 0.1) is 16.7 Å². The van der Waals surface area contributed by atoms with Gasteiger partial charge in [0.25, 0.3) is 0 Å². The summed E-state index contributed by atoms with van der Waals surface area (Å²) in [5, 5.41) is 0. The van der Waals surface area contributed by atoms with Crippen LogP contribution < -0.4 is 14.5 Å². The summed E-state index contributed by atoms with van der Waals surface area (Å²) in [6.45, 7) is 15.8. The number of nitrogens with zero attached hydrogens (tertiary/aromatic N) is 3. The minimum absolute atomic E-state index is 0.380. The molecule has 1 aliphatic heterocycles. The SMILES string of the molecule is COc1cc(N2CCN(CC3CC3)CC2)c(C2CC(C)(C)CC(C)(C)C2)cc1N(C)C. The number of ether oxygens (including phenoxy) is 1. The number of piperazine rings is 1. The van der Waals surface area contributed by atoms with Gasteiger partial charge in [0.15, 0.2) is 0 Å². The summed E-state index contributed by atoms with van der Waals surface area (Å²) in [5.41, 5.74) is 4.93. The molecule has 0 radical (unpaired) electrons. The van der Waals surface area contributed by atoms with Crippen LogP contribution in [0.3, 0.4) is 0 Å². The van der Waals surface area contributed by atoms with E-state index in [-0.39, 0.29) is 0 Å². The Labute approximate surface area is 190 Å². The molecule has 0 amide bonds. The average Bonchev–Trinajstić information content (AvgIpc) is 3.49. The highest BCUT2D eigenvalue weighted by molar-refractivity contribution is 5.70. The van der Waals surface area contributed by atoms with Gasteiger partial charge in [0, 0.05) is 58.6 Å². The Morgan fingerprint density at radius 1 is 0.968 bits per heavy atom. The molecule has 1 heterocycles. The number of anilines is 2. The molecule has 4 nitrogen and oxygen atoms in total. The molecule has 0 atom stereocenters. The summed E-state index contributed by atoms with van der Waals surface area (Å²) in [6.07, 6.45) is 6.73. The van der Waals surface area contributed by atoms with Gasteiger partial charge in [-0.2, -0.15) is 0 Å². The highest BCUT2D eigenvalue weighted by Gasteiger charge is 2.40. The Hall–Kier alpha value is -1.42. The van der Waals surface area contributed by atoms with E-state index in [9.17, 15) is 0 Å². The van der Waals surface area contributed by atoms with Gasteiger partial charge in [0.05, 0.1) is 12.8 Å². The predicted octanol–water partition coefficient (Wildman–Crippen LogP) is 5.61. The zero-order chi connectivity index (χ0) is 22.4. The van der Waals surface area contributed by atoms with E-state index in [1.807, 2.05) is 7.11 Å². The lowest BCUT2D eigenvalue weighted by Crippen LogP contribution is -2.47. The number of hydrogen-bond donors (Lipinski definition) is 0. The van der Waals surface area contributed by atoms with Crippen molar-refractivity contribution < 1.29 is 4.74 Å². The molecule has 31 heavy (non-hydrogen) atoms. The molecule has 0 spiro atoms. The topological polar surface area (TPSA) is 19.0 Å². The zero-order valence-electron chi connectivity index (χ0n) is 21.1. The molecule has 0 aromatic heterocycles. The lowest BCUT2D eigenvalue weighted by molar-refractivity contribution is 0.0970. The molecule has 0 unspecified atom stereocenters. The molecule has 0 bridgehead atoms. The molecule has 4 heteroatoms.